The Labute approximate surface area is 110 Å². The highest BCUT2D eigenvalue weighted by Crippen LogP contribution is 2.27. The molecule has 0 atom stereocenters. The third kappa shape index (κ3) is 3.30. The molecule has 0 aliphatic rings. The van der Waals surface area contributed by atoms with Crippen LogP contribution in [0, 0.1) is 12.7 Å². The number of hydrogen-bond acceptors (Lipinski definition) is 3. The highest BCUT2D eigenvalue weighted by molar-refractivity contribution is 9.10. The Hall–Kier alpha value is -0.390. The Morgan fingerprint density at radius 1 is 1.44 bits per heavy atom. The van der Waals surface area contributed by atoms with Crippen LogP contribution in [0.5, 0.6) is 0 Å². The van der Waals surface area contributed by atoms with Crippen molar-refractivity contribution in [2.24, 2.45) is 0 Å². The van der Waals surface area contributed by atoms with E-state index in [4.69, 9.17) is 0 Å². The Kier molecular flexibility index (Phi) is 4.00. The van der Waals surface area contributed by atoms with Crippen molar-refractivity contribution in [3.05, 3.63) is 45.1 Å². The molecule has 0 unspecified atom stereocenters. The summed E-state index contributed by atoms with van der Waals surface area (Å²) in [5.41, 5.74) is 2.00. The molecule has 84 valence electrons. The Bertz CT molecular complexity index is 478. The quantitative estimate of drug-likeness (QED) is 0.764. The summed E-state index contributed by atoms with van der Waals surface area (Å²) in [6.07, 6.45) is 0. The molecule has 1 nitrogen and oxygen atoms in total. The number of thioether (sulfide) groups is 1. The zero-order valence-corrected chi connectivity index (χ0v) is 11.8. The van der Waals surface area contributed by atoms with Crippen LogP contribution in [0.1, 0.15) is 11.3 Å². The Morgan fingerprint density at radius 3 is 2.88 bits per heavy atom. The van der Waals surface area contributed by atoms with Crippen molar-refractivity contribution in [1.29, 1.82) is 0 Å². The molecule has 0 fully saturated rings. The van der Waals surface area contributed by atoms with Gasteiger partial charge in [0.2, 0.25) is 0 Å². The maximum absolute atomic E-state index is 13.1. The lowest BCUT2D eigenvalue weighted by molar-refractivity contribution is 0.625. The molecule has 2 rings (SSSR count). The zero-order chi connectivity index (χ0) is 11.5. The molecule has 0 saturated heterocycles. The van der Waals surface area contributed by atoms with Gasteiger partial charge < -0.3 is 0 Å². The highest BCUT2D eigenvalue weighted by Gasteiger charge is 2.03. The molecular formula is C11H9BrFNS2. The summed E-state index contributed by atoms with van der Waals surface area (Å²) in [7, 11) is 0. The average Bonchev–Trinajstić information content (AvgIpc) is 2.60. The minimum absolute atomic E-state index is 0.208. The van der Waals surface area contributed by atoms with Crippen LogP contribution in [-0.4, -0.2) is 4.98 Å². The van der Waals surface area contributed by atoms with E-state index in [9.17, 15) is 4.39 Å². The fraction of sp³-hybridized carbons (Fsp3) is 0.182. The smallest absolute Gasteiger partial charge is 0.150 e. The molecule has 0 aliphatic heterocycles. The molecule has 1 aromatic carbocycles. The van der Waals surface area contributed by atoms with E-state index in [1.165, 1.54) is 6.07 Å². The fourth-order valence-electron chi connectivity index (χ4n) is 1.24. The van der Waals surface area contributed by atoms with E-state index in [1.807, 2.05) is 18.4 Å². The van der Waals surface area contributed by atoms with Crippen LogP contribution in [0.3, 0.4) is 0 Å². The number of benzene rings is 1. The van der Waals surface area contributed by atoms with Crippen LogP contribution in [-0.2, 0) is 5.75 Å². The topological polar surface area (TPSA) is 12.9 Å². The van der Waals surface area contributed by atoms with Gasteiger partial charge in [0.25, 0.3) is 0 Å². The summed E-state index contributed by atoms with van der Waals surface area (Å²) >= 11 is 6.54. The molecule has 0 N–H and O–H groups in total. The van der Waals surface area contributed by atoms with Gasteiger partial charge in [0.15, 0.2) is 0 Å². The minimum atomic E-state index is -0.208. The van der Waals surface area contributed by atoms with E-state index in [2.05, 4.69) is 20.9 Å². The van der Waals surface area contributed by atoms with E-state index in [0.717, 1.165) is 25.8 Å². The first-order valence-corrected chi connectivity index (χ1v) is 7.29. The molecule has 2 aromatic rings. The van der Waals surface area contributed by atoms with Gasteiger partial charge in [0.05, 0.1) is 0 Å². The number of aromatic nitrogens is 1. The lowest BCUT2D eigenvalue weighted by Gasteiger charge is -2.00. The van der Waals surface area contributed by atoms with E-state index >= 15 is 0 Å². The highest BCUT2D eigenvalue weighted by atomic mass is 79.9. The number of hydrogen-bond donors (Lipinski definition) is 0. The van der Waals surface area contributed by atoms with Gasteiger partial charge in [-0.1, -0.05) is 27.7 Å². The van der Waals surface area contributed by atoms with E-state index in [0.29, 0.717) is 0 Å². The predicted octanol–water partition coefficient (Wildman–Crippen LogP) is 4.65. The second kappa shape index (κ2) is 5.29. The summed E-state index contributed by atoms with van der Waals surface area (Å²) in [4.78, 5) is 4.35. The van der Waals surface area contributed by atoms with Crippen molar-refractivity contribution in [3.63, 3.8) is 0 Å². The first-order valence-electron chi connectivity index (χ1n) is 4.63. The van der Waals surface area contributed by atoms with Gasteiger partial charge >= 0.3 is 0 Å². The van der Waals surface area contributed by atoms with Crippen LogP contribution < -0.4 is 0 Å². The molecule has 0 bridgehead atoms. The SMILES string of the molecule is Cc1csc(SCc2cc(F)cc(Br)c2)n1. The van der Waals surface area contributed by atoms with Gasteiger partial charge in [-0.2, -0.15) is 0 Å². The summed E-state index contributed by atoms with van der Waals surface area (Å²) in [6.45, 7) is 1.97. The van der Waals surface area contributed by atoms with Crippen LogP contribution in [0.4, 0.5) is 4.39 Å². The third-order valence-corrected chi connectivity index (χ3v) is 4.55. The van der Waals surface area contributed by atoms with Gasteiger partial charge in [-0.3, -0.25) is 0 Å². The first-order chi connectivity index (χ1) is 7.63. The van der Waals surface area contributed by atoms with Crippen molar-refractivity contribution in [2.75, 3.05) is 0 Å². The lowest BCUT2D eigenvalue weighted by atomic mass is 10.2. The molecule has 0 spiro atoms. The zero-order valence-electron chi connectivity index (χ0n) is 8.54. The normalized spacial score (nSPS) is 10.7. The number of nitrogens with zero attached hydrogens (tertiary/aromatic N) is 1. The molecule has 0 saturated carbocycles. The number of aryl methyl sites for hydroxylation is 1. The lowest BCUT2D eigenvalue weighted by Crippen LogP contribution is -1.84. The van der Waals surface area contributed by atoms with Crippen LogP contribution in [0.15, 0.2) is 32.4 Å². The van der Waals surface area contributed by atoms with Crippen LogP contribution >= 0.6 is 39.0 Å². The largest absolute Gasteiger partial charge is 0.235 e. The maximum Gasteiger partial charge on any atom is 0.150 e. The van der Waals surface area contributed by atoms with Crippen molar-refractivity contribution >= 4 is 39.0 Å². The van der Waals surface area contributed by atoms with Crippen LogP contribution in [0.25, 0.3) is 0 Å². The summed E-state index contributed by atoms with van der Waals surface area (Å²) in [5.74, 6) is 0.531. The Balaban J connectivity index is 2.04. The van der Waals surface area contributed by atoms with Gasteiger partial charge in [0.1, 0.15) is 10.2 Å². The third-order valence-electron chi connectivity index (χ3n) is 1.88. The summed E-state index contributed by atoms with van der Waals surface area (Å²) in [5, 5.41) is 2.02. The number of thiazole rings is 1. The molecule has 1 aromatic heterocycles. The Morgan fingerprint density at radius 2 is 2.25 bits per heavy atom. The average molecular weight is 318 g/mol. The molecule has 0 amide bonds. The predicted molar refractivity (Wildman–Crippen MR) is 70.5 cm³/mol. The molecule has 16 heavy (non-hydrogen) atoms. The monoisotopic (exact) mass is 317 g/mol. The molecule has 0 aliphatic carbocycles. The van der Waals surface area contributed by atoms with E-state index in [1.54, 1.807) is 29.2 Å². The summed E-state index contributed by atoms with van der Waals surface area (Å²) < 4.78 is 14.9. The van der Waals surface area contributed by atoms with E-state index in [-0.39, 0.29) is 5.82 Å². The van der Waals surface area contributed by atoms with Gasteiger partial charge in [0, 0.05) is 21.3 Å². The van der Waals surface area contributed by atoms with Crippen LogP contribution in [0.2, 0.25) is 0 Å². The maximum atomic E-state index is 13.1. The van der Waals surface area contributed by atoms with Gasteiger partial charge in [-0.05, 0) is 30.7 Å². The second-order valence-electron chi connectivity index (χ2n) is 3.32. The second-order valence-corrected chi connectivity index (χ2v) is 6.32. The van der Waals surface area contributed by atoms with E-state index < -0.39 is 0 Å². The van der Waals surface area contributed by atoms with Crippen molar-refractivity contribution in [3.8, 4) is 0 Å². The molecular weight excluding hydrogens is 309 g/mol. The standard InChI is InChI=1S/C11H9BrFNS2/c1-7-5-15-11(14-7)16-6-8-2-9(12)4-10(13)3-8/h2-5H,6H2,1H3. The van der Waals surface area contributed by atoms with Gasteiger partial charge in [-0.25, -0.2) is 9.37 Å². The molecule has 0 radical (unpaired) electrons. The van der Waals surface area contributed by atoms with Crippen molar-refractivity contribution in [1.82, 2.24) is 4.98 Å². The number of halogens is 2. The van der Waals surface area contributed by atoms with Crippen molar-refractivity contribution in [2.45, 2.75) is 17.0 Å². The fourth-order valence-corrected chi connectivity index (χ4v) is 3.53. The number of rotatable bonds is 3. The van der Waals surface area contributed by atoms with Crippen molar-refractivity contribution < 1.29 is 4.39 Å². The molecule has 1 heterocycles. The summed E-state index contributed by atoms with van der Waals surface area (Å²) in [6, 6.07) is 4.94. The van der Waals surface area contributed by atoms with Gasteiger partial charge in [-0.15, -0.1) is 11.3 Å². The first kappa shape index (κ1) is 12.1. The minimum Gasteiger partial charge on any atom is -0.235 e. The molecule has 5 heteroatoms.